The average molecular weight is 281 g/mol. The highest BCUT2D eigenvalue weighted by atomic mass is 16.5. The molecule has 1 aromatic heterocycles. The first-order valence-corrected chi connectivity index (χ1v) is 7.23. The Morgan fingerprint density at radius 2 is 1.95 bits per heavy atom. The molecule has 114 valence electrons. The van der Waals surface area contributed by atoms with E-state index < -0.39 is 0 Å². The number of nitrogens with one attached hydrogen (secondary N) is 2. The van der Waals surface area contributed by atoms with Crippen LogP contribution in [0.1, 0.15) is 52.3 Å². The van der Waals surface area contributed by atoms with Gasteiger partial charge in [0, 0.05) is 32.0 Å². The second-order valence-corrected chi connectivity index (χ2v) is 5.63. The minimum atomic E-state index is 0.293. The molecule has 0 fully saturated rings. The van der Waals surface area contributed by atoms with E-state index >= 15 is 0 Å². The molecular formula is C14H27N5O. The summed E-state index contributed by atoms with van der Waals surface area (Å²) in [4.78, 5) is 8.55. The molecule has 0 radical (unpaired) electrons. The highest BCUT2D eigenvalue weighted by molar-refractivity contribution is 5.79. The SMILES string of the molecule is CN=C(NCCc1nc(C(C)C)no1)NC(C)C(C)C. The molecular weight excluding hydrogens is 254 g/mol. The predicted molar refractivity (Wildman–Crippen MR) is 80.9 cm³/mol. The van der Waals surface area contributed by atoms with Crippen molar-refractivity contribution in [2.45, 2.75) is 53.0 Å². The number of aliphatic imine (C=N–C) groups is 1. The Labute approximate surface area is 121 Å². The molecule has 6 heteroatoms. The van der Waals surface area contributed by atoms with Crippen molar-refractivity contribution >= 4 is 5.96 Å². The monoisotopic (exact) mass is 281 g/mol. The van der Waals surface area contributed by atoms with Gasteiger partial charge in [0.05, 0.1) is 0 Å². The second-order valence-electron chi connectivity index (χ2n) is 5.63. The number of hydrogen-bond donors (Lipinski definition) is 2. The van der Waals surface area contributed by atoms with Gasteiger partial charge in [-0.05, 0) is 12.8 Å². The summed E-state index contributed by atoms with van der Waals surface area (Å²) in [5.74, 6) is 3.07. The van der Waals surface area contributed by atoms with E-state index in [4.69, 9.17) is 4.52 Å². The third-order valence-corrected chi connectivity index (χ3v) is 3.22. The lowest BCUT2D eigenvalue weighted by Crippen LogP contribution is -2.44. The van der Waals surface area contributed by atoms with Crippen molar-refractivity contribution in [1.82, 2.24) is 20.8 Å². The quantitative estimate of drug-likeness (QED) is 0.615. The Bertz CT molecular complexity index is 425. The van der Waals surface area contributed by atoms with E-state index in [1.807, 2.05) is 13.8 Å². The summed E-state index contributed by atoms with van der Waals surface area (Å²) in [6.07, 6.45) is 0.691. The first-order chi connectivity index (χ1) is 9.43. The lowest BCUT2D eigenvalue weighted by atomic mass is 10.1. The van der Waals surface area contributed by atoms with Crippen molar-refractivity contribution in [1.29, 1.82) is 0 Å². The molecule has 6 nitrogen and oxygen atoms in total. The maximum Gasteiger partial charge on any atom is 0.228 e. The molecule has 0 saturated heterocycles. The van der Waals surface area contributed by atoms with Gasteiger partial charge in [0.15, 0.2) is 11.8 Å². The standard InChI is InChI=1S/C14H27N5O/c1-9(2)11(5)17-14(15-6)16-8-7-12-18-13(10(3)4)19-20-12/h9-11H,7-8H2,1-6H3,(H2,15,16,17). The highest BCUT2D eigenvalue weighted by Gasteiger charge is 2.11. The Kier molecular flexibility index (Phi) is 6.48. The van der Waals surface area contributed by atoms with Crippen LogP contribution in [0, 0.1) is 5.92 Å². The van der Waals surface area contributed by atoms with E-state index in [1.54, 1.807) is 7.05 Å². The van der Waals surface area contributed by atoms with Crippen LogP contribution >= 0.6 is 0 Å². The van der Waals surface area contributed by atoms with Crippen molar-refractivity contribution in [2.75, 3.05) is 13.6 Å². The van der Waals surface area contributed by atoms with Crippen molar-refractivity contribution in [3.05, 3.63) is 11.7 Å². The molecule has 1 heterocycles. The van der Waals surface area contributed by atoms with Crippen LogP contribution in [0.5, 0.6) is 0 Å². The largest absolute Gasteiger partial charge is 0.356 e. The maximum absolute atomic E-state index is 5.20. The normalized spacial score (nSPS) is 13.9. The number of guanidine groups is 1. The average Bonchev–Trinajstić information content (AvgIpc) is 2.86. The molecule has 1 atom stereocenters. The van der Waals surface area contributed by atoms with E-state index in [9.17, 15) is 0 Å². The molecule has 1 rings (SSSR count). The summed E-state index contributed by atoms with van der Waals surface area (Å²) in [7, 11) is 1.77. The molecule has 1 unspecified atom stereocenters. The number of aromatic nitrogens is 2. The molecule has 0 aliphatic rings. The number of rotatable bonds is 6. The van der Waals surface area contributed by atoms with Crippen LogP contribution in [-0.2, 0) is 6.42 Å². The van der Waals surface area contributed by atoms with Gasteiger partial charge in [-0.2, -0.15) is 4.98 Å². The fourth-order valence-electron chi connectivity index (χ4n) is 1.47. The first-order valence-electron chi connectivity index (χ1n) is 7.23. The minimum Gasteiger partial charge on any atom is -0.356 e. The molecule has 0 bridgehead atoms. The van der Waals surface area contributed by atoms with Crippen LogP contribution in [-0.4, -0.2) is 35.7 Å². The fourth-order valence-corrected chi connectivity index (χ4v) is 1.47. The Morgan fingerprint density at radius 3 is 2.45 bits per heavy atom. The summed E-state index contributed by atoms with van der Waals surface area (Å²) >= 11 is 0. The van der Waals surface area contributed by atoms with Gasteiger partial charge in [-0.3, -0.25) is 4.99 Å². The molecule has 0 spiro atoms. The van der Waals surface area contributed by atoms with E-state index in [2.05, 4.69) is 46.5 Å². The molecule has 0 saturated carbocycles. The Morgan fingerprint density at radius 1 is 1.25 bits per heavy atom. The molecule has 0 amide bonds. The van der Waals surface area contributed by atoms with Crippen LogP contribution in [0.15, 0.2) is 9.52 Å². The van der Waals surface area contributed by atoms with Crippen molar-refractivity contribution < 1.29 is 4.52 Å². The molecule has 2 N–H and O–H groups in total. The zero-order valence-electron chi connectivity index (χ0n) is 13.4. The highest BCUT2D eigenvalue weighted by Crippen LogP contribution is 2.09. The zero-order valence-corrected chi connectivity index (χ0v) is 13.4. The number of nitrogens with zero attached hydrogens (tertiary/aromatic N) is 3. The lowest BCUT2D eigenvalue weighted by Gasteiger charge is -2.20. The summed E-state index contributed by atoms with van der Waals surface area (Å²) in [6, 6.07) is 0.372. The van der Waals surface area contributed by atoms with Gasteiger partial charge in [0.2, 0.25) is 5.89 Å². The molecule has 0 aliphatic carbocycles. The van der Waals surface area contributed by atoms with Gasteiger partial charge < -0.3 is 15.2 Å². The van der Waals surface area contributed by atoms with Crippen LogP contribution in [0.25, 0.3) is 0 Å². The first kappa shape index (κ1) is 16.5. The van der Waals surface area contributed by atoms with Gasteiger partial charge in [-0.1, -0.05) is 32.9 Å². The van der Waals surface area contributed by atoms with Crippen LogP contribution in [0.3, 0.4) is 0 Å². The predicted octanol–water partition coefficient (Wildman–Crippen LogP) is 1.94. The van der Waals surface area contributed by atoms with E-state index in [-0.39, 0.29) is 0 Å². The van der Waals surface area contributed by atoms with Gasteiger partial charge in [-0.15, -0.1) is 0 Å². The van der Waals surface area contributed by atoms with E-state index in [0.717, 1.165) is 11.8 Å². The lowest BCUT2D eigenvalue weighted by molar-refractivity contribution is 0.371. The zero-order chi connectivity index (χ0) is 15.1. The van der Waals surface area contributed by atoms with Crippen molar-refractivity contribution in [2.24, 2.45) is 10.9 Å². The summed E-state index contributed by atoms with van der Waals surface area (Å²) in [6.45, 7) is 11.3. The maximum atomic E-state index is 5.20. The third-order valence-electron chi connectivity index (χ3n) is 3.22. The minimum absolute atomic E-state index is 0.293. The molecule has 1 aromatic rings. The van der Waals surface area contributed by atoms with Gasteiger partial charge in [0.25, 0.3) is 0 Å². The second kappa shape index (κ2) is 7.87. The summed E-state index contributed by atoms with van der Waals surface area (Å²) in [5, 5.41) is 10.5. The van der Waals surface area contributed by atoms with Gasteiger partial charge >= 0.3 is 0 Å². The molecule has 0 aliphatic heterocycles. The van der Waals surface area contributed by atoms with Gasteiger partial charge in [-0.25, -0.2) is 0 Å². The topological polar surface area (TPSA) is 75.3 Å². The Balaban J connectivity index is 2.38. The Hall–Kier alpha value is -1.59. The summed E-state index contributed by atoms with van der Waals surface area (Å²) < 4.78 is 5.20. The third kappa shape index (κ3) is 5.19. The number of hydrogen-bond acceptors (Lipinski definition) is 4. The van der Waals surface area contributed by atoms with Crippen molar-refractivity contribution in [3.63, 3.8) is 0 Å². The van der Waals surface area contributed by atoms with E-state index in [1.165, 1.54) is 0 Å². The van der Waals surface area contributed by atoms with Crippen LogP contribution in [0.4, 0.5) is 0 Å². The molecule has 0 aromatic carbocycles. The van der Waals surface area contributed by atoms with Crippen LogP contribution < -0.4 is 10.6 Å². The fraction of sp³-hybridized carbons (Fsp3) is 0.786. The van der Waals surface area contributed by atoms with Crippen LogP contribution in [0.2, 0.25) is 0 Å². The van der Waals surface area contributed by atoms with E-state index in [0.29, 0.717) is 36.7 Å². The molecule has 20 heavy (non-hydrogen) atoms. The van der Waals surface area contributed by atoms with Crippen molar-refractivity contribution in [3.8, 4) is 0 Å². The van der Waals surface area contributed by atoms with Gasteiger partial charge in [0.1, 0.15) is 0 Å². The summed E-state index contributed by atoms with van der Waals surface area (Å²) in [5.41, 5.74) is 0. The smallest absolute Gasteiger partial charge is 0.228 e.